The van der Waals surface area contributed by atoms with Crippen molar-refractivity contribution in [3.05, 3.63) is 34.8 Å². The highest BCUT2D eigenvalue weighted by Crippen LogP contribution is 2.25. The molecule has 3 nitrogen and oxygen atoms in total. The maximum Gasteiger partial charge on any atom is 0.174 e. The molecule has 78 valence electrons. The Morgan fingerprint density at radius 3 is 2.60 bits per heavy atom. The van der Waals surface area contributed by atoms with Crippen LogP contribution in [0.4, 0.5) is 5.69 Å². The van der Waals surface area contributed by atoms with Crippen molar-refractivity contribution in [2.45, 2.75) is 17.0 Å². The number of aromatic nitrogens is 2. The van der Waals surface area contributed by atoms with Crippen LogP contribution in [0.1, 0.15) is 10.6 Å². The number of nitrogens with zero attached hydrogens (tertiary/aromatic N) is 2. The van der Waals surface area contributed by atoms with E-state index in [4.69, 9.17) is 5.73 Å². The monoisotopic (exact) mass is 237 g/mol. The molecule has 0 fully saturated rings. The summed E-state index contributed by atoms with van der Waals surface area (Å²) in [5, 5.41) is 9.03. The standard InChI is InChI=1S/C10H11N3S2/c1-7-12-13-10(15-7)14-6-8-2-4-9(11)5-3-8/h2-5H,6,11H2,1H3. The fraction of sp³-hybridized carbons (Fsp3) is 0.200. The first-order valence-electron chi connectivity index (χ1n) is 4.51. The fourth-order valence-corrected chi connectivity index (χ4v) is 2.87. The molecule has 1 aromatic carbocycles. The number of hydrogen-bond acceptors (Lipinski definition) is 5. The number of thioether (sulfide) groups is 1. The van der Waals surface area contributed by atoms with Crippen molar-refractivity contribution in [1.82, 2.24) is 10.2 Å². The van der Waals surface area contributed by atoms with E-state index >= 15 is 0 Å². The van der Waals surface area contributed by atoms with E-state index in [0.717, 1.165) is 20.8 Å². The third-order valence-electron chi connectivity index (χ3n) is 1.85. The van der Waals surface area contributed by atoms with Gasteiger partial charge in [-0.25, -0.2) is 0 Å². The van der Waals surface area contributed by atoms with Gasteiger partial charge in [0.15, 0.2) is 4.34 Å². The molecule has 0 aliphatic heterocycles. The molecule has 2 aromatic rings. The van der Waals surface area contributed by atoms with E-state index in [1.807, 2.05) is 31.2 Å². The highest BCUT2D eigenvalue weighted by atomic mass is 32.2. The summed E-state index contributed by atoms with van der Waals surface area (Å²) in [5.74, 6) is 0.912. The predicted molar refractivity (Wildman–Crippen MR) is 65.1 cm³/mol. The largest absolute Gasteiger partial charge is 0.399 e. The highest BCUT2D eigenvalue weighted by Gasteiger charge is 2.01. The van der Waals surface area contributed by atoms with Gasteiger partial charge in [-0.2, -0.15) is 0 Å². The van der Waals surface area contributed by atoms with E-state index in [9.17, 15) is 0 Å². The Hall–Kier alpha value is -1.07. The summed E-state index contributed by atoms with van der Waals surface area (Å²) in [6.45, 7) is 1.96. The van der Waals surface area contributed by atoms with Crippen molar-refractivity contribution >= 4 is 28.8 Å². The summed E-state index contributed by atoms with van der Waals surface area (Å²) in [6.07, 6.45) is 0. The summed E-state index contributed by atoms with van der Waals surface area (Å²) < 4.78 is 1.02. The zero-order valence-electron chi connectivity index (χ0n) is 8.30. The lowest BCUT2D eigenvalue weighted by atomic mass is 10.2. The van der Waals surface area contributed by atoms with Crippen LogP contribution in [0, 0.1) is 6.92 Å². The molecule has 1 heterocycles. The van der Waals surface area contributed by atoms with E-state index in [1.165, 1.54) is 5.56 Å². The Morgan fingerprint density at radius 1 is 1.27 bits per heavy atom. The van der Waals surface area contributed by atoms with Crippen molar-refractivity contribution in [3.63, 3.8) is 0 Å². The van der Waals surface area contributed by atoms with Crippen molar-refractivity contribution < 1.29 is 0 Å². The first-order valence-corrected chi connectivity index (χ1v) is 6.31. The van der Waals surface area contributed by atoms with Crippen LogP contribution in [0.5, 0.6) is 0 Å². The number of nitrogen functional groups attached to an aromatic ring is 1. The van der Waals surface area contributed by atoms with Gasteiger partial charge in [0.2, 0.25) is 0 Å². The zero-order chi connectivity index (χ0) is 10.7. The van der Waals surface area contributed by atoms with E-state index in [1.54, 1.807) is 23.1 Å². The molecule has 5 heteroatoms. The van der Waals surface area contributed by atoms with E-state index in [2.05, 4.69) is 10.2 Å². The Bertz CT molecular complexity index is 436. The number of anilines is 1. The van der Waals surface area contributed by atoms with Crippen LogP contribution in [-0.2, 0) is 5.75 Å². The molecule has 0 aliphatic rings. The van der Waals surface area contributed by atoms with Crippen LogP contribution in [0.25, 0.3) is 0 Å². The first kappa shape index (κ1) is 10.4. The maximum atomic E-state index is 5.61. The van der Waals surface area contributed by atoms with Gasteiger partial charge in [0, 0.05) is 11.4 Å². The molecule has 0 saturated carbocycles. The first-order chi connectivity index (χ1) is 7.24. The number of hydrogen-bond donors (Lipinski definition) is 1. The van der Waals surface area contributed by atoms with Gasteiger partial charge in [-0.15, -0.1) is 10.2 Å². The second-order valence-corrected chi connectivity index (χ2v) is 5.52. The molecule has 2 rings (SSSR count). The topological polar surface area (TPSA) is 51.8 Å². The smallest absolute Gasteiger partial charge is 0.174 e. The molecule has 15 heavy (non-hydrogen) atoms. The number of benzene rings is 1. The summed E-state index contributed by atoms with van der Waals surface area (Å²) in [5.41, 5.74) is 7.66. The highest BCUT2D eigenvalue weighted by molar-refractivity contribution is 8.00. The third-order valence-corrected chi connectivity index (χ3v) is 3.89. The minimum Gasteiger partial charge on any atom is -0.399 e. The van der Waals surface area contributed by atoms with Crippen molar-refractivity contribution in [2.24, 2.45) is 0 Å². The number of nitrogens with two attached hydrogens (primary N) is 1. The van der Waals surface area contributed by atoms with Gasteiger partial charge < -0.3 is 5.73 Å². The summed E-state index contributed by atoms with van der Waals surface area (Å²) in [7, 11) is 0. The number of aryl methyl sites for hydroxylation is 1. The van der Waals surface area contributed by atoms with Gasteiger partial charge in [0.25, 0.3) is 0 Å². The minimum atomic E-state index is 0.801. The SMILES string of the molecule is Cc1nnc(SCc2ccc(N)cc2)s1. The van der Waals surface area contributed by atoms with Gasteiger partial charge in [-0.1, -0.05) is 35.2 Å². The fourth-order valence-electron chi connectivity index (χ4n) is 1.10. The molecule has 0 amide bonds. The Kier molecular flexibility index (Phi) is 3.23. The van der Waals surface area contributed by atoms with Crippen LogP contribution >= 0.6 is 23.1 Å². The van der Waals surface area contributed by atoms with Crippen molar-refractivity contribution in [1.29, 1.82) is 0 Å². The lowest BCUT2D eigenvalue weighted by Gasteiger charge is -1.98. The van der Waals surface area contributed by atoms with E-state index in [0.29, 0.717) is 0 Å². The Labute approximate surface area is 96.7 Å². The average molecular weight is 237 g/mol. The lowest BCUT2D eigenvalue weighted by Crippen LogP contribution is -1.85. The van der Waals surface area contributed by atoms with Gasteiger partial charge in [-0.05, 0) is 24.6 Å². The quantitative estimate of drug-likeness (QED) is 0.658. The van der Waals surface area contributed by atoms with Crippen LogP contribution in [0.2, 0.25) is 0 Å². The molecule has 2 N–H and O–H groups in total. The van der Waals surface area contributed by atoms with Gasteiger partial charge in [-0.3, -0.25) is 0 Å². The number of rotatable bonds is 3. The molecular formula is C10H11N3S2. The van der Waals surface area contributed by atoms with Crippen LogP contribution in [-0.4, -0.2) is 10.2 Å². The van der Waals surface area contributed by atoms with Crippen LogP contribution in [0.3, 0.4) is 0 Å². The molecule has 1 aromatic heterocycles. The van der Waals surface area contributed by atoms with Gasteiger partial charge >= 0.3 is 0 Å². The predicted octanol–water partition coefficient (Wildman–Crippen LogP) is 2.72. The molecule has 0 spiro atoms. The second-order valence-electron chi connectivity index (χ2n) is 3.12. The van der Waals surface area contributed by atoms with Gasteiger partial charge in [0.1, 0.15) is 5.01 Å². The Morgan fingerprint density at radius 2 is 2.00 bits per heavy atom. The molecule has 0 bridgehead atoms. The van der Waals surface area contributed by atoms with Crippen molar-refractivity contribution in [2.75, 3.05) is 5.73 Å². The summed E-state index contributed by atoms with van der Waals surface area (Å²) >= 11 is 3.33. The normalized spacial score (nSPS) is 10.5. The summed E-state index contributed by atoms with van der Waals surface area (Å²) in [6, 6.07) is 7.91. The molecule has 0 aliphatic carbocycles. The third kappa shape index (κ3) is 2.94. The lowest BCUT2D eigenvalue weighted by molar-refractivity contribution is 0.983. The van der Waals surface area contributed by atoms with Crippen molar-refractivity contribution in [3.8, 4) is 0 Å². The van der Waals surface area contributed by atoms with E-state index < -0.39 is 0 Å². The second kappa shape index (κ2) is 4.63. The minimum absolute atomic E-state index is 0.801. The molecule has 0 saturated heterocycles. The Balaban J connectivity index is 1.96. The molecule has 0 unspecified atom stereocenters. The molecule has 0 radical (unpaired) electrons. The van der Waals surface area contributed by atoms with Crippen LogP contribution in [0.15, 0.2) is 28.6 Å². The molecule has 0 atom stereocenters. The van der Waals surface area contributed by atoms with E-state index in [-0.39, 0.29) is 0 Å². The zero-order valence-corrected chi connectivity index (χ0v) is 9.94. The maximum absolute atomic E-state index is 5.61. The molecular weight excluding hydrogens is 226 g/mol. The van der Waals surface area contributed by atoms with Gasteiger partial charge in [0.05, 0.1) is 0 Å². The van der Waals surface area contributed by atoms with Crippen LogP contribution < -0.4 is 5.73 Å². The average Bonchev–Trinajstić information content (AvgIpc) is 2.64. The summed E-state index contributed by atoms with van der Waals surface area (Å²) in [4.78, 5) is 0.